The van der Waals surface area contributed by atoms with Gasteiger partial charge in [0, 0.05) is 23.7 Å². The van der Waals surface area contributed by atoms with E-state index in [4.69, 9.17) is 26.2 Å². The van der Waals surface area contributed by atoms with Crippen LogP contribution in [0.5, 0.6) is 11.6 Å². The van der Waals surface area contributed by atoms with Gasteiger partial charge in [0.25, 0.3) is 5.91 Å². The summed E-state index contributed by atoms with van der Waals surface area (Å²) in [5.41, 5.74) is 3.09. The van der Waals surface area contributed by atoms with Gasteiger partial charge >= 0.3 is 0 Å². The molecule has 0 aliphatic carbocycles. The standard InChI is InChI=1S/C29H28ClN3O3/c1-21-27(20-32(19-26-13-8-18-35-26)28(34)22-9-4-2-5-10-22)29(36-25-11-6-3-7-12-25)33(31-21)24-16-14-23(30)15-17-24/h2-7,9-12,14-17,26H,8,13,18-20H2,1H3/t26-/m0/s1. The van der Waals surface area contributed by atoms with E-state index in [9.17, 15) is 4.79 Å². The number of aryl methyl sites for hydroxylation is 1. The van der Waals surface area contributed by atoms with Gasteiger partial charge in [0.1, 0.15) is 5.75 Å². The Bertz CT molecular complexity index is 1300. The van der Waals surface area contributed by atoms with Crippen molar-refractivity contribution in [3.63, 3.8) is 0 Å². The third kappa shape index (κ3) is 5.45. The molecule has 0 radical (unpaired) electrons. The fraction of sp³-hybridized carbons (Fsp3) is 0.241. The number of carbonyl (C=O) groups is 1. The molecule has 3 aromatic carbocycles. The molecule has 0 N–H and O–H groups in total. The number of rotatable bonds is 8. The van der Waals surface area contributed by atoms with E-state index >= 15 is 0 Å². The van der Waals surface area contributed by atoms with Crippen LogP contribution in [0.1, 0.15) is 34.5 Å². The first-order valence-electron chi connectivity index (χ1n) is 12.1. The molecule has 0 unspecified atom stereocenters. The molecule has 0 spiro atoms. The number of benzene rings is 3. The summed E-state index contributed by atoms with van der Waals surface area (Å²) in [6.07, 6.45) is 1.96. The van der Waals surface area contributed by atoms with Crippen molar-refractivity contribution in [3.8, 4) is 17.3 Å². The summed E-state index contributed by atoms with van der Waals surface area (Å²) in [7, 11) is 0. The molecule has 0 saturated carbocycles. The zero-order chi connectivity index (χ0) is 24.9. The molecule has 184 valence electrons. The lowest BCUT2D eigenvalue weighted by atomic mass is 10.1. The second-order valence-electron chi connectivity index (χ2n) is 8.86. The zero-order valence-electron chi connectivity index (χ0n) is 20.1. The molecule has 1 saturated heterocycles. The number of ether oxygens (including phenoxy) is 2. The quantitative estimate of drug-likeness (QED) is 0.278. The third-order valence-corrected chi connectivity index (χ3v) is 6.52. The molecule has 1 aliphatic heterocycles. The van der Waals surface area contributed by atoms with Gasteiger partial charge in [-0.3, -0.25) is 4.79 Å². The highest BCUT2D eigenvalue weighted by molar-refractivity contribution is 6.30. The molecule has 4 aromatic rings. The second kappa shape index (κ2) is 11.0. The highest BCUT2D eigenvalue weighted by atomic mass is 35.5. The maximum Gasteiger partial charge on any atom is 0.254 e. The van der Waals surface area contributed by atoms with E-state index in [2.05, 4.69) is 0 Å². The Hall–Kier alpha value is -3.61. The SMILES string of the molecule is Cc1nn(-c2ccc(Cl)cc2)c(Oc2ccccc2)c1CN(C[C@@H]1CCCO1)C(=O)c1ccccc1. The minimum absolute atomic E-state index is 0.0165. The van der Waals surface area contributed by atoms with Gasteiger partial charge in [-0.25, -0.2) is 4.68 Å². The summed E-state index contributed by atoms with van der Waals surface area (Å²) >= 11 is 6.13. The third-order valence-electron chi connectivity index (χ3n) is 6.27. The number of aromatic nitrogens is 2. The molecule has 6 nitrogen and oxygen atoms in total. The largest absolute Gasteiger partial charge is 0.439 e. The summed E-state index contributed by atoms with van der Waals surface area (Å²) < 4.78 is 14.1. The summed E-state index contributed by atoms with van der Waals surface area (Å²) in [6.45, 7) is 3.52. The van der Waals surface area contributed by atoms with Gasteiger partial charge in [0.15, 0.2) is 0 Å². The Kier molecular flexibility index (Phi) is 7.35. The highest BCUT2D eigenvalue weighted by Crippen LogP contribution is 2.32. The Balaban J connectivity index is 1.54. The van der Waals surface area contributed by atoms with E-state index in [1.54, 1.807) is 4.68 Å². The van der Waals surface area contributed by atoms with Gasteiger partial charge in [-0.05, 0) is 68.3 Å². The predicted octanol–water partition coefficient (Wildman–Crippen LogP) is 6.45. The first-order valence-corrected chi connectivity index (χ1v) is 12.5. The molecular formula is C29H28ClN3O3. The lowest BCUT2D eigenvalue weighted by Crippen LogP contribution is -2.37. The van der Waals surface area contributed by atoms with Crippen LogP contribution in [0.15, 0.2) is 84.9 Å². The van der Waals surface area contributed by atoms with Crippen molar-refractivity contribution in [2.24, 2.45) is 0 Å². The maximum absolute atomic E-state index is 13.6. The molecule has 1 fully saturated rings. The van der Waals surface area contributed by atoms with E-state index in [-0.39, 0.29) is 12.0 Å². The van der Waals surface area contributed by atoms with Crippen molar-refractivity contribution < 1.29 is 14.3 Å². The predicted molar refractivity (Wildman–Crippen MR) is 140 cm³/mol. The number of carbonyl (C=O) groups excluding carboxylic acids is 1. The van der Waals surface area contributed by atoms with E-state index in [0.717, 1.165) is 36.4 Å². The average molecular weight is 502 g/mol. The maximum atomic E-state index is 13.6. The van der Waals surface area contributed by atoms with Crippen LogP contribution < -0.4 is 4.74 Å². The smallest absolute Gasteiger partial charge is 0.254 e. The molecule has 1 aromatic heterocycles. The van der Waals surface area contributed by atoms with Gasteiger partial charge in [-0.15, -0.1) is 0 Å². The van der Waals surface area contributed by atoms with Crippen molar-refractivity contribution >= 4 is 17.5 Å². The Morgan fingerprint density at radius 2 is 1.75 bits per heavy atom. The van der Waals surface area contributed by atoms with Crippen molar-refractivity contribution in [2.75, 3.05) is 13.2 Å². The van der Waals surface area contributed by atoms with Crippen LogP contribution in [0.2, 0.25) is 5.02 Å². The van der Waals surface area contributed by atoms with Gasteiger partial charge in [0.2, 0.25) is 5.88 Å². The van der Waals surface area contributed by atoms with Crippen molar-refractivity contribution in [3.05, 3.63) is 107 Å². The molecule has 36 heavy (non-hydrogen) atoms. The van der Waals surface area contributed by atoms with Crippen LogP contribution >= 0.6 is 11.6 Å². The normalized spacial score (nSPS) is 15.1. The van der Waals surface area contributed by atoms with Gasteiger partial charge in [0.05, 0.1) is 29.6 Å². The van der Waals surface area contributed by atoms with Crippen LogP contribution in [-0.2, 0) is 11.3 Å². The van der Waals surface area contributed by atoms with Crippen molar-refractivity contribution in [1.29, 1.82) is 0 Å². The lowest BCUT2D eigenvalue weighted by molar-refractivity contribution is 0.0505. The topological polar surface area (TPSA) is 56.6 Å². The van der Waals surface area contributed by atoms with Gasteiger partial charge < -0.3 is 14.4 Å². The van der Waals surface area contributed by atoms with Gasteiger partial charge in [-0.1, -0.05) is 48.0 Å². The molecule has 1 aliphatic rings. The minimum Gasteiger partial charge on any atom is -0.439 e. The van der Waals surface area contributed by atoms with Crippen LogP contribution in [0.3, 0.4) is 0 Å². The number of hydrogen-bond donors (Lipinski definition) is 0. The van der Waals surface area contributed by atoms with Crippen LogP contribution in [0, 0.1) is 6.92 Å². The Morgan fingerprint density at radius 1 is 1.06 bits per heavy atom. The fourth-order valence-electron chi connectivity index (χ4n) is 4.39. The number of hydrogen-bond acceptors (Lipinski definition) is 4. The highest BCUT2D eigenvalue weighted by Gasteiger charge is 2.27. The monoisotopic (exact) mass is 501 g/mol. The fourth-order valence-corrected chi connectivity index (χ4v) is 4.52. The van der Waals surface area contributed by atoms with Crippen LogP contribution in [0.4, 0.5) is 0 Å². The van der Waals surface area contributed by atoms with E-state index in [1.165, 1.54) is 0 Å². The van der Waals surface area contributed by atoms with Crippen LogP contribution in [-0.4, -0.2) is 39.8 Å². The summed E-state index contributed by atoms with van der Waals surface area (Å²) in [6, 6.07) is 26.4. The molecule has 7 heteroatoms. The first-order chi connectivity index (χ1) is 17.6. The number of nitrogens with zero attached hydrogens (tertiary/aromatic N) is 3. The number of para-hydroxylation sites is 1. The minimum atomic E-state index is -0.0459. The van der Waals surface area contributed by atoms with E-state index in [1.807, 2.05) is 96.8 Å². The van der Waals surface area contributed by atoms with Crippen molar-refractivity contribution in [1.82, 2.24) is 14.7 Å². The second-order valence-corrected chi connectivity index (χ2v) is 9.30. The Morgan fingerprint density at radius 3 is 2.42 bits per heavy atom. The van der Waals surface area contributed by atoms with Crippen LogP contribution in [0.25, 0.3) is 5.69 Å². The summed E-state index contributed by atoms with van der Waals surface area (Å²) in [5, 5.41) is 5.45. The number of amides is 1. The average Bonchev–Trinajstić information content (AvgIpc) is 3.53. The molecular weight excluding hydrogens is 474 g/mol. The van der Waals surface area contributed by atoms with Gasteiger partial charge in [-0.2, -0.15) is 5.10 Å². The first kappa shape index (κ1) is 24.1. The Labute approximate surface area is 216 Å². The molecule has 2 heterocycles. The molecule has 5 rings (SSSR count). The zero-order valence-corrected chi connectivity index (χ0v) is 20.9. The summed E-state index contributed by atoms with van der Waals surface area (Å²) in [4.78, 5) is 15.5. The molecule has 1 amide bonds. The van der Waals surface area contributed by atoms with Crippen molar-refractivity contribution in [2.45, 2.75) is 32.4 Å². The number of halogens is 1. The summed E-state index contributed by atoms with van der Waals surface area (Å²) in [5.74, 6) is 1.21. The lowest BCUT2D eigenvalue weighted by Gasteiger charge is -2.26. The molecule has 0 bridgehead atoms. The van der Waals surface area contributed by atoms with E-state index in [0.29, 0.717) is 35.3 Å². The van der Waals surface area contributed by atoms with E-state index < -0.39 is 0 Å². The molecule has 1 atom stereocenters.